The number of aliphatic hydroxyl groups excluding tert-OH is 1. The molecule has 0 amide bonds. The number of rotatable bonds is 5. The van der Waals surface area contributed by atoms with Crippen LogP contribution in [0.5, 0.6) is 0 Å². The average molecular weight is 334 g/mol. The van der Waals surface area contributed by atoms with E-state index in [1.807, 2.05) is 30.3 Å². The molecule has 0 heterocycles. The summed E-state index contributed by atoms with van der Waals surface area (Å²) in [4.78, 5) is 0. The third kappa shape index (κ3) is 2.95. The predicted octanol–water partition coefficient (Wildman–Crippen LogP) is 3.19. The van der Waals surface area contributed by atoms with Gasteiger partial charge in [-0.3, -0.25) is 0 Å². The fourth-order valence-electron chi connectivity index (χ4n) is 2.66. The molecule has 3 heteroatoms. The second kappa shape index (κ2) is 6.53. The first-order valence-electron chi connectivity index (χ1n) is 6.73. The monoisotopic (exact) mass is 333 g/mol. The van der Waals surface area contributed by atoms with E-state index < -0.39 is 5.41 Å². The maximum atomic E-state index is 10.0. The van der Waals surface area contributed by atoms with Gasteiger partial charge in [-0.05, 0) is 36.1 Å². The van der Waals surface area contributed by atoms with Gasteiger partial charge in [0.15, 0.2) is 0 Å². The molecule has 1 atom stereocenters. The normalized spacial score (nSPS) is 14.0. The molecule has 3 N–H and O–H groups in total. The summed E-state index contributed by atoms with van der Waals surface area (Å²) in [6.07, 6.45) is 0.715. The first kappa shape index (κ1) is 15.2. The topological polar surface area (TPSA) is 46.2 Å². The number of halogens is 1. The van der Waals surface area contributed by atoms with Crippen molar-refractivity contribution in [2.24, 2.45) is 5.73 Å². The van der Waals surface area contributed by atoms with Crippen LogP contribution in [0.3, 0.4) is 0 Å². The highest BCUT2D eigenvalue weighted by Crippen LogP contribution is 2.32. The van der Waals surface area contributed by atoms with Crippen LogP contribution in [0.4, 0.5) is 0 Å². The Balaban J connectivity index is 2.46. The Hall–Kier alpha value is -1.16. The van der Waals surface area contributed by atoms with Crippen molar-refractivity contribution in [1.82, 2.24) is 0 Å². The molecule has 2 aromatic carbocycles. The smallest absolute Gasteiger partial charge is 0.0543 e. The van der Waals surface area contributed by atoms with Gasteiger partial charge >= 0.3 is 0 Å². The maximum Gasteiger partial charge on any atom is 0.0543 e. The summed E-state index contributed by atoms with van der Waals surface area (Å²) in [5, 5.41) is 10.0. The van der Waals surface area contributed by atoms with Crippen LogP contribution >= 0.6 is 15.9 Å². The second-order valence-electron chi connectivity index (χ2n) is 5.23. The summed E-state index contributed by atoms with van der Waals surface area (Å²) < 4.78 is 1.06. The largest absolute Gasteiger partial charge is 0.395 e. The van der Waals surface area contributed by atoms with Gasteiger partial charge in [0.25, 0.3) is 0 Å². The zero-order chi connectivity index (χ0) is 14.6. The van der Waals surface area contributed by atoms with Crippen molar-refractivity contribution in [2.75, 3.05) is 13.2 Å². The minimum atomic E-state index is -0.435. The Bertz CT molecular complexity index is 579. The number of hydrogen-bond acceptors (Lipinski definition) is 2. The molecule has 106 valence electrons. The van der Waals surface area contributed by atoms with Crippen molar-refractivity contribution < 1.29 is 5.11 Å². The van der Waals surface area contributed by atoms with E-state index in [1.165, 1.54) is 5.56 Å². The van der Waals surface area contributed by atoms with Crippen LogP contribution in [0.1, 0.15) is 16.7 Å². The van der Waals surface area contributed by atoms with Crippen LogP contribution in [0, 0.1) is 6.92 Å². The van der Waals surface area contributed by atoms with Gasteiger partial charge in [-0.2, -0.15) is 0 Å². The van der Waals surface area contributed by atoms with E-state index >= 15 is 0 Å². The first-order chi connectivity index (χ1) is 9.63. The lowest BCUT2D eigenvalue weighted by atomic mass is 9.74. The summed E-state index contributed by atoms with van der Waals surface area (Å²) in [6, 6.07) is 16.2. The number of aryl methyl sites for hydroxylation is 1. The first-order valence-corrected chi connectivity index (χ1v) is 7.53. The molecule has 0 aromatic heterocycles. The van der Waals surface area contributed by atoms with E-state index in [4.69, 9.17) is 5.73 Å². The fraction of sp³-hybridized carbons (Fsp3) is 0.294. The summed E-state index contributed by atoms with van der Waals surface area (Å²) in [5.74, 6) is 0. The Morgan fingerprint density at radius 3 is 2.35 bits per heavy atom. The quantitative estimate of drug-likeness (QED) is 0.882. The fourth-order valence-corrected chi connectivity index (χ4v) is 3.08. The van der Waals surface area contributed by atoms with Crippen LogP contribution in [-0.4, -0.2) is 18.3 Å². The molecule has 1 unspecified atom stereocenters. The third-order valence-electron chi connectivity index (χ3n) is 3.90. The van der Waals surface area contributed by atoms with Gasteiger partial charge in [0.05, 0.1) is 6.61 Å². The molecule has 0 aliphatic carbocycles. The lowest BCUT2D eigenvalue weighted by Crippen LogP contribution is -2.41. The van der Waals surface area contributed by atoms with Gasteiger partial charge in [-0.15, -0.1) is 0 Å². The van der Waals surface area contributed by atoms with Gasteiger partial charge in [0.2, 0.25) is 0 Å². The molecular weight excluding hydrogens is 314 g/mol. The summed E-state index contributed by atoms with van der Waals surface area (Å²) >= 11 is 3.58. The number of benzene rings is 2. The van der Waals surface area contributed by atoms with E-state index in [9.17, 15) is 5.11 Å². The lowest BCUT2D eigenvalue weighted by molar-refractivity contribution is 0.195. The highest BCUT2D eigenvalue weighted by Gasteiger charge is 2.32. The van der Waals surface area contributed by atoms with Gasteiger partial charge < -0.3 is 10.8 Å². The molecule has 0 spiro atoms. The van der Waals surface area contributed by atoms with E-state index in [1.54, 1.807) is 0 Å². The molecular formula is C17H20BrNO. The Kier molecular flexibility index (Phi) is 4.97. The minimum absolute atomic E-state index is 0.0374. The SMILES string of the molecule is Cc1ccccc1C(CN)(CO)Cc1ccccc1Br. The summed E-state index contributed by atoms with van der Waals surface area (Å²) in [5.41, 5.74) is 9.06. The Morgan fingerprint density at radius 2 is 1.75 bits per heavy atom. The Morgan fingerprint density at radius 1 is 1.10 bits per heavy atom. The van der Waals surface area contributed by atoms with Gasteiger partial charge in [0, 0.05) is 16.4 Å². The van der Waals surface area contributed by atoms with E-state index in [0.717, 1.165) is 15.6 Å². The number of aliphatic hydroxyl groups is 1. The van der Waals surface area contributed by atoms with E-state index in [2.05, 4.69) is 41.1 Å². The average Bonchev–Trinajstić information content (AvgIpc) is 2.48. The molecule has 0 radical (unpaired) electrons. The molecule has 2 nitrogen and oxygen atoms in total. The van der Waals surface area contributed by atoms with Crippen molar-refractivity contribution in [3.8, 4) is 0 Å². The van der Waals surface area contributed by atoms with Crippen LogP contribution in [0.25, 0.3) is 0 Å². The van der Waals surface area contributed by atoms with E-state index in [-0.39, 0.29) is 6.61 Å². The van der Waals surface area contributed by atoms with Crippen molar-refractivity contribution in [2.45, 2.75) is 18.8 Å². The molecule has 0 bridgehead atoms. The van der Waals surface area contributed by atoms with Crippen LogP contribution in [-0.2, 0) is 11.8 Å². The molecule has 0 aliphatic heterocycles. The van der Waals surface area contributed by atoms with Gasteiger partial charge in [-0.25, -0.2) is 0 Å². The highest BCUT2D eigenvalue weighted by molar-refractivity contribution is 9.10. The molecule has 0 saturated carbocycles. The second-order valence-corrected chi connectivity index (χ2v) is 6.08. The molecule has 20 heavy (non-hydrogen) atoms. The number of hydrogen-bond donors (Lipinski definition) is 2. The van der Waals surface area contributed by atoms with Gasteiger partial charge in [0.1, 0.15) is 0 Å². The van der Waals surface area contributed by atoms with Crippen molar-refractivity contribution in [1.29, 1.82) is 0 Å². The summed E-state index contributed by atoms with van der Waals surface area (Å²) in [6.45, 7) is 2.51. The lowest BCUT2D eigenvalue weighted by Gasteiger charge is -2.33. The van der Waals surface area contributed by atoms with Crippen molar-refractivity contribution in [3.63, 3.8) is 0 Å². The minimum Gasteiger partial charge on any atom is -0.395 e. The summed E-state index contributed by atoms with van der Waals surface area (Å²) in [7, 11) is 0. The molecule has 0 saturated heterocycles. The standard InChI is InChI=1S/C17H20BrNO/c1-13-6-2-4-8-15(13)17(11-19,12-20)10-14-7-3-5-9-16(14)18/h2-9,20H,10-12,19H2,1H3. The van der Waals surface area contributed by atoms with Crippen LogP contribution in [0.2, 0.25) is 0 Å². The maximum absolute atomic E-state index is 10.0. The molecule has 2 aromatic rings. The van der Waals surface area contributed by atoms with Crippen molar-refractivity contribution >= 4 is 15.9 Å². The zero-order valence-corrected chi connectivity index (χ0v) is 13.2. The van der Waals surface area contributed by atoms with Gasteiger partial charge in [-0.1, -0.05) is 58.4 Å². The molecule has 0 fully saturated rings. The van der Waals surface area contributed by atoms with Crippen LogP contribution in [0.15, 0.2) is 53.0 Å². The van der Waals surface area contributed by atoms with Crippen LogP contribution < -0.4 is 5.73 Å². The van der Waals surface area contributed by atoms with Crippen molar-refractivity contribution in [3.05, 3.63) is 69.7 Å². The molecule has 2 rings (SSSR count). The Labute approximate surface area is 128 Å². The molecule has 0 aliphatic rings. The highest BCUT2D eigenvalue weighted by atomic mass is 79.9. The zero-order valence-electron chi connectivity index (χ0n) is 11.6. The number of nitrogens with two attached hydrogens (primary N) is 1. The third-order valence-corrected chi connectivity index (χ3v) is 4.67. The predicted molar refractivity (Wildman–Crippen MR) is 86.8 cm³/mol. The van der Waals surface area contributed by atoms with E-state index in [0.29, 0.717) is 13.0 Å².